The zero-order chi connectivity index (χ0) is 14.8. The molecule has 9 heteroatoms. The Labute approximate surface area is 124 Å². The number of benzene rings is 1. The van der Waals surface area contributed by atoms with Crippen molar-refractivity contribution in [2.45, 2.75) is 35.9 Å². The lowest BCUT2D eigenvalue weighted by molar-refractivity contribution is -0.385. The highest BCUT2D eigenvalue weighted by molar-refractivity contribution is 7.99. The molecule has 1 aromatic heterocycles. The van der Waals surface area contributed by atoms with Gasteiger partial charge in [-0.15, -0.1) is 5.10 Å². The van der Waals surface area contributed by atoms with Crippen LogP contribution in [0.3, 0.4) is 0 Å². The second-order valence-electron chi connectivity index (χ2n) is 4.56. The van der Waals surface area contributed by atoms with Gasteiger partial charge in [0.1, 0.15) is 0 Å². The maximum atomic E-state index is 11.0. The number of nitro groups is 1. The van der Waals surface area contributed by atoms with E-state index in [1.54, 1.807) is 23.7 Å². The quantitative estimate of drug-likeness (QED) is 0.597. The molecule has 0 N–H and O–H groups in total. The number of tetrazole rings is 1. The van der Waals surface area contributed by atoms with Gasteiger partial charge >= 0.3 is 5.69 Å². The van der Waals surface area contributed by atoms with Crippen LogP contribution in [0.4, 0.5) is 5.69 Å². The summed E-state index contributed by atoms with van der Waals surface area (Å²) >= 11 is 1.37. The van der Waals surface area contributed by atoms with E-state index in [1.807, 2.05) is 0 Å². The van der Waals surface area contributed by atoms with Gasteiger partial charge in [-0.3, -0.25) is 10.1 Å². The summed E-state index contributed by atoms with van der Waals surface area (Å²) in [4.78, 5) is 11.3. The van der Waals surface area contributed by atoms with Crippen LogP contribution in [-0.4, -0.2) is 31.7 Å². The van der Waals surface area contributed by atoms with Gasteiger partial charge in [0.2, 0.25) is 5.16 Å². The molecule has 0 aliphatic heterocycles. The van der Waals surface area contributed by atoms with Gasteiger partial charge in [-0.2, -0.15) is 0 Å². The fraction of sp³-hybridized carbons (Fsp3) is 0.417. The highest BCUT2D eigenvalue weighted by Gasteiger charge is 2.28. The third-order valence-electron chi connectivity index (χ3n) is 2.99. The first kappa shape index (κ1) is 13.8. The van der Waals surface area contributed by atoms with Gasteiger partial charge in [-0.25, -0.2) is 4.68 Å². The summed E-state index contributed by atoms with van der Waals surface area (Å²) in [6, 6.07) is 5.15. The molecule has 1 aliphatic rings. The molecule has 0 saturated heterocycles. The normalized spacial score (nSPS) is 14.1. The maximum Gasteiger partial charge on any atom is 0.310 e. The fourth-order valence-corrected chi connectivity index (χ4v) is 2.76. The average molecular weight is 307 g/mol. The molecular weight excluding hydrogens is 294 g/mol. The Morgan fingerprint density at radius 2 is 2.33 bits per heavy atom. The van der Waals surface area contributed by atoms with Crippen molar-refractivity contribution in [1.82, 2.24) is 20.2 Å². The van der Waals surface area contributed by atoms with Gasteiger partial charge in [-0.05, 0) is 48.0 Å². The molecule has 0 bridgehead atoms. The van der Waals surface area contributed by atoms with Crippen molar-refractivity contribution in [1.29, 1.82) is 0 Å². The summed E-state index contributed by atoms with van der Waals surface area (Å²) in [6.07, 6.45) is 2.17. The molecule has 1 aromatic carbocycles. The number of nitro benzene ring substituents is 1. The fourth-order valence-electron chi connectivity index (χ4n) is 1.89. The standard InChI is InChI=1S/C12H13N5O3S/c1-2-20-11-7-9(5-6-10(11)17(18)19)21-12-13-14-15-16(12)8-3-4-8/h5-8H,2-4H2,1H3. The highest BCUT2D eigenvalue weighted by Crippen LogP contribution is 2.39. The van der Waals surface area contributed by atoms with Crippen molar-refractivity contribution < 1.29 is 9.66 Å². The molecule has 1 fully saturated rings. The van der Waals surface area contributed by atoms with Crippen LogP contribution in [-0.2, 0) is 0 Å². The number of ether oxygens (including phenoxy) is 1. The lowest BCUT2D eigenvalue weighted by Crippen LogP contribution is -1.99. The lowest BCUT2D eigenvalue weighted by Gasteiger charge is -2.06. The molecule has 110 valence electrons. The molecule has 0 unspecified atom stereocenters. The first-order valence-electron chi connectivity index (χ1n) is 6.56. The second-order valence-corrected chi connectivity index (χ2v) is 5.60. The minimum Gasteiger partial charge on any atom is -0.487 e. The van der Waals surface area contributed by atoms with E-state index in [-0.39, 0.29) is 11.4 Å². The SMILES string of the molecule is CCOc1cc(Sc2nnnn2C2CC2)ccc1[N+](=O)[O-]. The number of nitrogens with zero attached hydrogens (tertiary/aromatic N) is 5. The molecule has 8 nitrogen and oxygen atoms in total. The number of rotatable bonds is 6. The number of hydrogen-bond acceptors (Lipinski definition) is 7. The largest absolute Gasteiger partial charge is 0.487 e. The molecule has 3 rings (SSSR count). The molecule has 1 saturated carbocycles. The van der Waals surface area contributed by atoms with Gasteiger partial charge in [0, 0.05) is 17.0 Å². The van der Waals surface area contributed by atoms with Crippen molar-refractivity contribution in [3.63, 3.8) is 0 Å². The van der Waals surface area contributed by atoms with Crippen molar-refractivity contribution in [3.05, 3.63) is 28.3 Å². The van der Waals surface area contributed by atoms with Gasteiger partial charge in [0.15, 0.2) is 5.75 Å². The summed E-state index contributed by atoms with van der Waals surface area (Å²) < 4.78 is 7.13. The zero-order valence-electron chi connectivity index (χ0n) is 11.3. The third kappa shape index (κ3) is 2.97. The Balaban J connectivity index is 1.86. The van der Waals surface area contributed by atoms with Crippen LogP contribution >= 0.6 is 11.8 Å². The summed E-state index contributed by atoms with van der Waals surface area (Å²) in [6.45, 7) is 2.16. The minimum atomic E-state index is -0.451. The highest BCUT2D eigenvalue weighted by atomic mass is 32.2. The Hall–Kier alpha value is -2.16. The van der Waals surface area contributed by atoms with Crippen LogP contribution in [0, 0.1) is 10.1 Å². The van der Waals surface area contributed by atoms with E-state index < -0.39 is 4.92 Å². The van der Waals surface area contributed by atoms with Crippen LogP contribution in [0.1, 0.15) is 25.8 Å². The van der Waals surface area contributed by atoms with Crippen LogP contribution in [0.5, 0.6) is 5.75 Å². The Bertz CT molecular complexity index is 671. The minimum absolute atomic E-state index is 0.0389. The molecule has 0 amide bonds. The number of hydrogen-bond donors (Lipinski definition) is 0. The summed E-state index contributed by atoms with van der Waals surface area (Å²) in [5.74, 6) is 0.262. The lowest BCUT2D eigenvalue weighted by atomic mass is 10.3. The van der Waals surface area contributed by atoms with Gasteiger partial charge in [0.05, 0.1) is 17.6 Å². The predicted octanol–water partition coefficient (Wildman–Crippen LogP) is 2.47. The van der Waals surface area contributed by atoms with E-state index in [9.17, 15) is 10.1 Å². The van der Waals surface area contributed by atoms with Crippen LogP contribution < -0.4 is 4.74 Å². The Morgan fingerprint density at radius 1 is 1.52 bits per heavy atom. The molecule has 1 aliphatic carbocycles. The molecular formula is C12H13N5O3S. The first-order valence-corrected chi connectivity index (χ1v) is 7.37. The van der Waals surface area contributed by atoms with Crippen molar-refractivity contribution in [2.24, 2.45) is 0 Å². The maximum absolute atomic E-state index is 11.0. The predicted molar refractivity (Wildman–Crippen MR) is 74.5 cm³/mol. The molecule has 1 heterocycles. The van der Waals surface area contributed by atoms with Crippen molar-refractivity contribution in [2.75, 3.05) is 6.61 Å². The van der Waals surface area contributed by atoms with Gasteiger partial charge in [0.25, 0.3) is 0 Å². The van der Waals surface area contributed by atoms with E-state index in [2.05, 4.69) is 15.5 Å². The molecule has 0 radical (unpaired) electrons. The second kappa shape index (κ2) is 5.68. The summed E-state index contributed by atoms with van der Waals surface area (Å²) in [5, 5.41) is 23.3. The van der Waals surface area contributed by atoms with Gasteiger partial charge in [-0.1, -0.05) is 0 Å². The van der Waals surface area contributed by atoms with E-state index >= 15 is 0 Å². The van der Waals surface area contributed by atoms with Gasteiger partial charge < -0.3 is 4.74 Å². The van der Waals surface area contributed by atoms with Crippen molar-refractivity contribution in [3.8, 4) is 5.75 Å². The molecule has 21 heavy (non-hydrogen) atoms. The van der Waals surface area contributed by atoms with E-state index in [1.165, 1.54) is 17.8 Å². The number of aromatic nitrogens is 4. The van der Waals surface area contributed by atoms with E-state index in [0.29, 0.717) is 17.8 Å². The summed E-state index contributed by atoms with van der Waals surface area (Å²) in [5.41, 5.74) is -0.0389. The monoisotopic (exact) mass is 307 g/mol. The van der Waals surface area contributed by atoms with Crippen molar-refractivity contribution >= 4 is 17.4 Å². The molecule has 2 aromatic rings. The van der Waals surface area contributed by atoms with E-state index in [0.717, 1.165) is 17.7 Å². The molecule has 0 spiro atoms. The third-order valence-corrected chi connectivity index (χ3v) is 3.93. The zero-order valence-corrected chi connectivity index (χ0v) is 12.1. The average Bonchev–Trinajstić information content (AvgIpc) is 3.20. The van der Waals surface area contributed by atoms with Crippen LogP contribution in [0.2, 0.25) is 0 Å². The van der Waals surface area contributed by atoms with E-state index in [4.69, 9.17) is 4.74 Å². The topological polar surface area (TPSA) is 96.0 Å². The first-order chi connectivity index (χ1) is 10.2. The van der Waals surface area contributed by atoms with Crippen LogP contribution in [0.15, 0.2) is 28.3 Å². The van der Waals surface area contributed by atoms with Crippen LogP contribution in [0.25, 0.3) is 0 Å². The Kier molecular flexibility index (Phi) is 3.74. The Morgan fingerprint density at radius 3 is 3.00 bits per heavy atom. The summed E-state index contributed by atoms with van der Waals surface area (Å²) in [7, 11) is 0. The molecule has 0 atom stereocenters. The smallest absolute Gasteiger partial charge is 0.310 e.